The molecule has 0 aliphatic carbocycles. The van der Waals surface area contributed by atoms with E-state index < -0.39 is 11.7 Å². The molecule has 1 aromatic heterocycles. The van der Waals surface area contributed by atoms with Crippen LogP contribution in [-0.4, -0.2) is 39.1 Å². The number of hydrogen-bond acceptors (Lipinski definition) is 5. The molecule has 0 radical (unpaired) electrons. The van der Waals surface area contributed by atoms with Gasteiger partial charge in [0.15, 0.2) is 0 Å². The van der Waals surface area contributed by atoms with Gasteiger partial charge in [-0.25, -0.2) is 4.79 Å². The van der Waals surface area contributed by atoms with Crippen LogP contribution in [0.25, 0.3) is 11.0 Å². The Labute approximate surface area is 122 Å². The molecule has 0 saturated carbocycles. The molecule has 2 rings (SSSR count). The second kappa shape index (κ2) is 5.90. The molecule has 1 amide bonds. The lowest BCUT2D eigenvalue weighted by atomic mass is 10.2. The normalized spacial score (nSPS) is 11.4. The Kier molecular flexibility index (Phi) is 4.21. The van der Waals surface area contributed by atoms with Gasteiger partial charge in [-0.3, -0.25) is 4.79 Å². The number of ether oxygens (including phenoxy) is 1. The Morgan fingerprint density at radius 2 is 2.00 bits per heavy atom. The van der Waals surface area contributed by atoms with Gasteiger partial charge in [0.25, 0.3) is 5.91 Å². The van der Waals surface area contributed by atoms with Crippen LogP contribution in [0.2, 0.25) is 0 Å². The van der Waals surface area contributed by atoms with Crippen molar-refractivity contribution in [2.45, 2.75) is 32.8 Å². The summed E-state index contributed by atoms with van der Waals surface area (Å²) < 4.78 is 6.33. The van der Waals surface area contributed by atoms with Crippen molar-refractivity contribution in [3.8, 4) is 0 Å². The number of carbonyl (C=O) groups is 2. The van der Waals surface area contributed by atoms with E-state index in [1.165, 1.54) is 4.68 Å². The first-order chi connectivity index (χ1) is 9.87. The lowest BCUT2D eigenvalue weighted by Crippen LogP contribution is -2.34. The summed E-state index contributed by atoms with van der Waals surface area (Å²) in [5.74, 6) is -0.236. The summed E-state index contributed by atoms with van der Waals surface area (Å²) in [5, 5.41) is 10.3. The highest BCUT2D eigenvalue weighted by Crippen LogP contribution is 2.10. The summed E-state index contributed by atoms with van der Waals surface area (Å²) in [5.41, 5.74) is 0.752. The molecule has 1 heterocycles. The maximum Gasteiger partial charge on any atom is 0.407 e. The molecular formula is C14H18N4O3. The first-order valence-corrected chi connectivity index (χ1v) is 6.67. The van der Waals surface area contributed by atoms with Crippen molar-refractivity contribution < 1.29 is 14.3 Å². The lowest BCUT2D eigenvalue weighted by Gasteiger charge is -2.19. The fourth-order valence-electron chi connectivity index (χ4n) is 1.74. The van der Waals surface area contributed by atoms with Crippen molar-refractivity contribution in [2.75, 3.05) is 6.54 Å². The molecule has 0 aliphatic heterocycles. The van der Waals surface area contributed by atoms with Crippen molar-refractivity contribution >= 4 is 23.0 Å². The van der Waals surface area contributed by atoms with Crippen LogP contribution in [0.15, 0.2) is 24.3 Å². The van der Waals surface area contributed by atoms with Gasteiger partial charge in [-0.05, 0) is 32.9 Å². The fraction of sp³-hybridized carbons (Fsp3) is 0.429. The molecule has 0 atom stereocenters. The van der Waals surface area contributed by atoms with E-state index in [0.717, 1.165) is 0 Å². The van der Waals surface area contributed by atoms with Gasteiger partial charge in [0, 0.05) is 13.0 Å². The predicted molar refractivity (Wildman–Crippen MR) is 77.0 cm³/mol. The third-order valence-corrected chi connectivity index (χ3v) is 2.60. The van der Waals surface area contributed by atoms with E-state index in [2.05, 4.69) is 15.6 Å². The zero-order valence-electron chi connectivity index (χ0n) is 12.3. The Hall–Kier alpha value is -2.44. The molecule has 2 aromatic rings. The molecule has 7 heteroatoms. The molecule has 21 heavy (non-hydrogen) atoms. The quantitative estimate of drug-likeness (QED) is 0.934. The molecule has 0 bridgehead atoms. The Morgan fingerprint density at radius 1 is 1.29 bits per heavy atom. The minimum atomic E-state index is -0.559. The van der Waals surface area contributed by atoms with Crippen LogP contribution in [-0.2, 0) is 4.74 Å². The zero-order chi connectivity index (χ0) is 15.5. The SMILES string of the molecule is CC(C)(C)OC(=O)NCCC(=O)n1nnc2ccccc21. The van der Waals surface area contributed by atoms with E-state index in [1.807, 2.05) is 12.1 Å². The number of nitrogens with one attached hydrogen (secondary N) is 1. The maximum atomic E-state index is 12.1. The summed E-state index contributed by atoms with van der Waals surface area (Å²) in [6.45, 7) is 5.51. The number of nitrogens with zero attached hydrogens (tertiary/aromatic N) is 3. The minimum absolute atomic E-state index is 0.118. The van der Waals surface area contributed by atoms with Crippen molar-refractivity contribution in [1.82, 2.24) is 20.3 Å². The molecule has 0 fully saturated rings. The molecule has 112 valence electrons. The number of fused-ring (bicyclic) bond motifs is 1. The van der Waals surface area contributed by atoms with E-state index >= 15 is 0 Å². The highest BCUT2D eigenvalue weighted by molar-refractivity contribution is 5.88. The highest BCUT2D eigenvalue weighted by Gasteiger charge is 2.16. The van der Waals surface area contributed by atoms with Gasteiger partial charge in [0.1, 0.15) is 11.1 Å². The van der Waals surface area contributed by atoms with Gasteiger partial charge in [-0.2, -0.15) is 4.68 Å². The molecule has 0 saturated heterocycles. The first kappa shape index (κ1) is 15.0. The molecular weight excluding hydrogens is 272 g/mol. The number of benzene rings is 1. The van der Waals surface area contributed by atoms with E-state index in [0.29, 0.717) is 11.0 Å². The number of carbonyl (C=O) groups excluding carboxylic acids is 2. The zero-order valence-corrected chi connectivity index (χ0v) is 12.3. The molecule has 1 aromatic carbocycles. The molecule has 0 unspecified atom stereocenters. The van der Waals surface area contributed by atoms with Gasteiger partial charge in [-0.15, -0.1) is 5.10 Å². The third kappa shape index (κ3) is 4.01. The van der Waals surface area contributed by atoms with Crippen molar-refractivity contribution in [2.24, 2.45) is 0 Å². The average molecular weight is 290 g/mol. The maximum absolute atomic E-state index is 12.1. The third-order valence-electron chi connectivity index (χ3n) is 2.60. The number of rotatable bonds is 3. The Bertz CT molecular complexity index is 658. The van der Waals surface area contributed by atoms with Crippen LogP contribution in [0, 0.1) is 0 Å². The van der Waals surface area contributed by atoms with Crippen LogP contribution in [0.3, 0.4) is 0 Å². The summed E-state index contributed by atoms with van der Waals surface area (Å²) in [4.78, 5) is 23.5. The molecule has 0 aliphatic rings. The van der Waals surface area contributed by atoms with Gasteiger partial charge in [0.2, 0.25) is 0 Å². The average Bonchev–Trinajstić information content (AvgIpc) is 2.80. The van der Waals surface area contributed by atoms with Gasteiger partial charge >= 0.3 is 6.09 Å². The van der Waals surface area contributed by atoms with E-state index in [1.54, 1.807) is 32.9 Å². The van der Waals surface area contributed by atoms with Crippen molar-refractivity contribution in [3.05, 3.63) is 24.3 Å². The van der Waals surface area contributed by atoms with Gasteiger partial charge < -0.3 is 10.1 Å². The van der Waals surface area contributed by atoms with Crippen LogP contribution < -0.4 is 5.32 Å². The smallest absolute Gasteiger partial charge is 0.407 e. The number of amides is 1. The van der Waals surface area contributed by atoms with Gasteiger partial charge in [0.05, 0.1) is 5.52 Å². The highest BCUT2D eigenvalue weighted by atomic mass is 16.6. The van der Waals surface area contributed by atoms with Crippen LogP contribution in [0.5, 0.6) is 0 Å². The summed E-state index contributed by atoms with van der Waals surface area (Å²) >= 11 is 0. The Morgan fingerprint density at radius 3 is 2.71 bits per heavy atom. The summed E-state index contributed by atoms with van der Waals surface area (Å²) in [6, 6.07) is 7.20. The number of para-hydroxylation sites is 1. The summed E-state index contributed by atoms with van der Waals surface area (Å²) in [7, 11) is 0. The molecule has 1 N–H and O–H groups in total. The number of aromatic nitrogens is 3. The van der Waals surface area contributed by atoms with Gasteiger partial charge in [-0.1, -0.05) is 17.3 Å². The summed E-state index contributed by atoms with van der Waals surface area (Å²) in [6.07, 6.45) is -0.425. The van der Waals surface area contributed by atoms with E-state index in [4.69, 9.17) is 4.74 Å². The van der Waals surface area contributed by atoms with Crippen LogP contribution in [0.1, 0.15) is 32.0 Å². The topological polar surface area (TPSA) is 86.1 Å². The first-order valence-electron chi connectivity index (χ1n) is 6.67. The van der Waals surface area contributed by atoms with Crippen molar-refractivity contribution in [1.29, 1.82) is 0 Å². The standard InChI is InChI=1S/C14H18N4O3/c1-14(2,3)21-13(20)15-9-8-12(19)18-11-7-5-4-6-10(11)16-17-18/h4-7H,8-9H2,1-3H3,(H,15,20). The van der Waals surface area contributed by atoms with E-state index in [-0.39, 0.29) is 18.9 Å². The number of alkyl carbamates (subject to hydrolysis) is 1. The monoisotopic (exact) mass is 290 g/mol. The largest absolute Gasteiger partial charge is 0.444 e. The van der Waals surface area contributed by atoms with Crippen molar-refractivity contribution in [3.63, 3.8) is 0 Å². The molecule has 7 nitrogen and oxygen atoms in total. The van der Waals surface area contributed by atoms with Crippen LogP contribution >= 0.6 is 0 Å². The second-order valence-corrected chi connectivity index (χ2v) is 5.56. The minimum Gasteiger partial charge on any atom is -0.444 e. The fourth-order valence-corrected chi connectivity index (χ4v) is 1.74. The lowest BCUT2D eigenvalue weighted by molar-refractivity contribution is 0.0526. The number of hydrogen-bond donors (Lipinski definition) is 1. The molecule has 0 spiro atoms. The predicted octanol–water partition coefficient (Wildman–Crippen LogP) is 1.99. The Balaban J connectivity index is 1.89. The second-order valence-electron chi connectivity index (χ2n) is 5.56. The van der Waals surface area contributed by atoms with E-state index in [9.17, 15) is 9.59 Å². The van der Waals surface area contributed by atoms with Crippen LogP contribution in [0.4, 0.5) is 4.79 Å².